The van der Waals surface area contributed by atoms with Gasteiger partial charge in [0.2, 0.25) is 0 Å². The van der Waals surface area contributed by atoms with Crippen molar-refractivity contribution in [3.63, 3.8) is 0 Å². The first-order valence-corrected chi connectivity index (χ1v) is 7.40. The van der Waals surface area contributed by atoms with Crippen molar-refractivity contribution in [2.45, 2.75) is 11.8 Å². The van der Waals surface area contributed by atoms with E-state index in [1.807, 2.05) is 43.3 Å². The molecule has 0 aromatic heterocycles. The number of benzene rings is 2. The first-order chi connectivity index (χ1) is 9.15. The van der Waals surface area contributed by atoms with Gasteiger partial charge in [0.25, 0.3) is 0 Å². The highest BCUT2D eigenvalue weighted by molar-refractivity contribution is 7.85. The van der Waals surface area contributed by atoms with Gasteiger partial charge in [-0.3, -0.25) is 4.21 Å². The number of ether oxygens (including phenoxy) is 1. The van der Waals surface area contributed by atoms with Crippen LogP contribution in [0.3, 0.4) is 0 Å². The van der Waals surface area contributed by atoms with E-state index >= 15 is 0 Å². The molecule has 0 fully saturated rings. The minimum absolute atomic E-state index is 0.421. The van der Waals surface area contributed by atoms with E-state index in [1.165, 1.54) is 5.56 Å². The van der Waals surface area contributed by atoms with E-state index in [1.54, 1.807) is 12.1 Å². The molecule has 2 aromatic carbocycles. The molecule has 1 unspecified atom stereocenters. The van der Waals surface area contributed by atoms with Crippen LogP contribution in [0.25, 0.3) is 0 Å². The minimum atomic E-state index is -1.02. The number of nitrogen functional groups attached to an aromatic ring is 1. The average Bonchev–Trinajstić information content (AvgIpc) is 2.41. The Labute approximate surface area is 115 Å². The van der Waals surface area contributed by atoms with E-state index in [-0.39, 0.29) is 0 Å². The van der Waals surface area contributed by atoms with Crippen LogP contribution in [0.5, 0.6) is 5.75 Å². The zero-order valence-corrected chi connectivity index (χ0v) is 11.7. The molecule has 0 saturated heterocycles. The number of anilines is 1. The number of hydrogen-bond acceptors (Lipinski definition) is 3. The van der Waals surface area contributed by atoms with E-state index in [2.05, 4.69) is 0 Å². The van der Waals surface area contributed by atoms with Gasteiger partial charge in [0.15, 0.2) is 0 Å². The predicted molar refractivity (Wildman–Crippen MR) is 78.8 cm³/mol. The third-order valence-corrected chi connectivity index (χ3v) is 4.04. The van der Waals surface area contributed by atoms with Crippen LogP contribution in [0.4, 0.5) is 5.69 Å². The summed E-state index contributed by atoms with van der Waals surface area (Å²) in [6.45, 7) is 2.43. The zero-order valence-electron chi connectivity index (χ0n) is 10.8. The molecule has 4 heteroatoms. The summed E-state index contributed by atoms with van der Waals surface area (Å²) in [6.07, 6.45) is 0. The van der Waals surface area contributed by atoms with Gasteiger partial charge in [0, 0.05) is 10.6 Å². The Morgan fingerprint density at radius 2 is 1.68 bits per heavy atom. The van der Waals surface area contributed by atoms with E-state index in [4.69, 9.17) is 10.5 Å². The van der Waals surface area contributed by atoms with E-state index in [0.717, 1.165) is 10.6 Å². The largest absolute Gasteiger partial charge is 0.493 e. The van der Waals surface area contributed by atoms with Crippen molar-refractivity contribution < 1.29 is 8.95 Å². The second-order valence-electron chi connectivity index (χ2n) is 4.28. The molecule has 0 saturated carbocycles. The Bertz CT molecular complexity index is 549. The maximum atomic E-state index is 12.0. The standard InChI is InChI=1S/C15H17NO2S/c1-12-2-8-15(9-3-12)19(17)11-10-18-14-6-4-13(16)5-7-14/h2-9H,10-11,16H2,1H3. The summed E-state index contributed by atoms with van der Waals surface area (Å²) in [5.74, 6) is 1.23. The van der Waals surface area contributed by atoms with Crippen molar-refractivity contribution in [1.29, 1.82) is 0 Å². The molecule has 100 valence electrons. The smallest absolute Gasteiger partial charge is 0.119 e. The van der Waals surface area contributed by atoms with Gasteiger partial charge < -0.3 is 10.5 Å². The number of nitrogens with two attached hydrogens (primary N) is 1. The van der Waals surface area contributed by atoms with Gasteiger partial charge in [-0.25, -0.2) is 0 Å². The predicted octanol–water partition coefficient (Wildman–Crippen LogP) is 2.76. The van der Waals surface area contributed by atoms with Crippen LogP contribution < -0.4 is 10.5 Å². The molecule has 0 aliphatic heterocycles. The van der Waals surface area contributed by atoms with Crippen molar-refractivity contribution in [2.24, 2.45) is 0 Å². The lowest BCUT2D eigenvalue weighted by atomic mass is 10.2. The summed E-state index contributed by atoms with van der Waals surface area (Å²) in [4.78, 5) is 0.839. The molecule has 19 heavy (non-hydrogen) atoms. The second kappa shape index (κ2) is 6.38. The number of rotatable bonds is 5. The highest BCUT2D eigenvalue weighted by Crippen LogP contribution is 2.13. The Balaban J connectivity index is 1.84. The quantitative estimate of drug-likeness (QED) is 0.854. The third kappa shape index (κ3) is 4.10. The first kappa shape index (κ1) is 13.6. The second-order valence-corrected chi connectivity index (χ2v) is 5.85. The van der Waals surface area contributed by atoms with Gasteiger partial charge in [-0.05, 0) is 43.3 Å². The van der Waals surface area contributed by atoms with Crippen LogP contribution in [0.2, 0.25) is 0 Å². The van der Waals surface area contributed by atoms with E-state index in [0.29, 0.717) is 18.0 Å². The van der Waals surface area contributed by atoms with Crippen molar-refractivity contribution in [3.8, 4) is 5.75 Å². The molecule has 2 aromatic rings. The zero-order chi connectivity index (χ0) is 13.7. The van der Waals surface area contributed by atoms with Gasteiger partial charge in [0.1, 0.15) is 12.4 Å². The Morgan fingerprint density at radius 1 is 1.05 bits per heavy atom. The fraction of sp³-hybridized carbons (Fsp3) is 0.200. The summed E-state index contributed by atoms with van der Waals surface area (Å²) in [5, 5.41) is 0. The summed E-state index contributed by atoms with van der Waals surface area (Å²) in [6, 6.07) is 14.9. The molecule has 1 atom stereocenters. The Morgan fingerprint density at radius 3 is 2.32 bits per heavy atom. The van der Waals surface area contributed by atoms with Gasteiger partial charge in [-0.15, -0.1) is 0 Å². The maximum Gasteiger partial charge on any atom is 0.119 e. The molecule has 2 rings (SSSR count). The highest BCUT2D eigenvalue weighted by atomic mass is 32.2. The van der Waals surface area contributed by atoms with Crippen molar-refractivity contribution in [1.82, 2.24) is 0 Å². The number of hydrogen-bond donors (Lipinski definition) is 1. The Hall–Kier alpha value is -1.81. The molecule has 0 radical (unpaired) electrons. The molecular formula is C15H17NO2S. The summed E-state index contributed by atoms with van der Waals surface area (Å²) in [7, 11) is -1.02. The normalized spacial score (nSPS) is 12.1. The summed E-state index contributed by atoms with van der Waals surface area (Å²) in [5.41, 5.74) is 7.46. The van der Waals surface area contributed by atoms with Gasteiger partial charge >= 0.3 is 0 Å². The summed E-state index contributed by atoms with van der Waals surface area (Å²) >= 11 is 0. The average molecular weight is 275 g/mol. The van der Waals surface area contributed by atoms with Gasteiger partial charge in [0.05, 0.1) is 16.6 Å². The molecule has 0 heterocycles. The molecule has 0 aliphatic rings. The minimum Gasteiger partial charge on any atom is -0.493 e. The lowest BCUT2D eigenvalue weighted by molar-refractivity contribution is 0.342. The monoisotopic (exact) mass is 275 g/mol. The SMILES string of the molecule is Cc1ccc(S(=O)CCOc2ccc(N)cc2)cc1. The topological polar surface area (TPSA) is 52.3 Å². The third-order valence-electron chi connectivity index (χ3n) is 2.70. The Kier molecular flexibility index (Phi) is 4.58. The van der Waals surface area contributed by atoms with Crippen LogP contribution in [0, 0.1) is 6.92 Å². The van der Waals surface area contributed by atoms with Crippen LogP contribution in [-0.4, -0.2) is 16.6 Å². The van der Waals surface area contributed by atoms with Crippen molar-refractivity contribution in [2.75, 3.05) is 18.1 Å². The van der Waals surface area contributed by atoms with Crippen LogP contribution in [0.1, 0.15) is 5.56 Å². The highest BCUT2D eigenvalue weighted by Gasteiger charge is 2.03. The maximum absolute atomic E-state index is 12.0. The van der Waals surface area contributed by atoms with Gasteiger partial charge in [-0.1, -0.05) is 17.7 Å². The molecule has 0 amide bonds. The lowest BCUT2D eigenvalue weighted by Gasteiger charge is -2.06. The van der Waals surface area contributed by atoms with Crippen molar-refractivity contribution >= 4 is 16.5 Å². The van der Waals surface area contributed by atoms with Crippen molar-refractivity contribution in [3.05, 3.63) is 54.1 Å². The lowest BCUT2D eigenvalue weighted by Crippen LogP contribution is -2.08. The van der Waals surface area contributed by atoms with Gasteiger partial charge in [-0.2, -0.15) is 0 Å². The number of aryl methyl sites for hydroxylation is 1. The molecule has 0 bridgehead atoms. The van der Waals surface area contributed by atoms with Crippen LogP contribution in [0.15, 0.2) is 53.4 Å². The first-order valence-electron chi connectivity index (χ1n) is 6.08. The van der Waals surface area contributed by atoms with E-state index < -0.39 is 10.8 Å². The van der Waals surface area contributed by atoms with Crippen LogP contribution >= 0.6 is 0 Å². The summed E-state index contributed by atoms with van der Waals surface area (Å²) < 4.78 is 17.5. The molecule has 0 spiro atoms. The molecular weight excluding hydrogens is 258 g/mol. The molecule has 2 N–H and O–H groups in total. The molecule has 3 nitrogen and oxygen atoms in total. The fourth-order valence-electron chi connectivity index (χ4n) is 1.61. The van der Waals surface area contributed by atoms with E-state index in [9.17, 15) is 4.21 Å². The fourth-order valence-corrected chi connectivity index (χ4v) is 2.52. The molecule has 0 aliphatic carbocycles. The van der Waals surface area contributed by atoms with Crippen LogP contribution in [-0.2, 0) is 10.8 Å².